The van der Waals surface area contributed by atoms with Crippen LogP contribution in [0.3, 0.4) is 0 Å². The Labute approximate surface area is 76.3 Å². The molecule has 2 atom stereocenters. The van der Waals surface area contributed by atoms with Gasteiger partial charge in [-0.25, -0.2) is 0 Å². The molecule has 1 aliphatic heterocycles. The van der Waals surface area contributed by atoms with Crippen molar-refractivity contribution < 1.29 is 24.5 Å². The number of ketones is 1. The summed E-state index contributed by atoms with van der Waals surface area (Å²) in [6, 6.07) is 0. The third kappa shape index (κ3) is 2.47. The molecule has 0 aromatic carbocycles. The van der Waals surface area contributed by atoms with Crippen LogP contribution in [0.2, 0.25) is 0 Å². The highest BCUT2D eigenvalue weighted by atomic mass is 16.7. The normalized spacial score (nSPS) is 32.9. The number of Topliss-reactive ketones (excluding diaryl/α,β-unsaturated/α-hetero) is 1. The molecule has 0 aromatic heterocycles. The van der Waals surface area contributed by atoms with E-state index in [1.807, 2.05) is 0 Å². The van der Waals surface area contributed by atoms with Crippen LogP contribution in [0.1, 0.15) is 13.8 Å². The maximum atomic E-state index is 11.1. The molecule has 1 rings (SSSR count). The summed E-state index contributed by atoms with van der Waals surface area (Å²) in [5, 5.41) is 17.9. The topological polar surface area (TPSA) is 76.0 Å². The average Bonchev–Trinajstić information content (AvgIpc) is 2.08. The molecule has 1 aliphatic rings. The molecule has 13 heavy (non-hydrogen) atoms. The minimum atomic E-state index is -0.993. The molecule has 0 unspecified atom stereocenters. The van der Waals surface area contributed by atoms with E-state index in [1.165, 1.54) is 0 Å². The summed E-state index contributed by atoms with van der Waals surface area (Å²) < 4.78 is 10.3. The maximum absolute atomic E-state index is 11.1. The summed E-state index contributed by atoms with van der Waals surface area (Å²) >= 11 is 0. The van der Waals surface area contributed by atoms with Crippen molar-refractivity contribution in [2.45, 2.75) is 31.8 Å². The zero-order valence-corrected chi connectivity index (χ0v) is 7.69. The fourth-order valence-electron chi connectivity index (χ4n) is 1.16. The standard InChI is InChI=1S/C8H14O5/c1-8(2)12-4-6(11)7(13-8)5(10)3-9/h6-7,9,11H,3-4H2,1-2H3/t6-,7+/m1/s1. The second kappa shape index (κ2) is 3.71. The lowest BCUT2D eigenvalue weighted by molar-refractivity contribution is -0.296. The van der Waals surface area contributed by atoms with E-state index in [9.17, 15) is 9.90 Å². The van der Waals surface area contributed by atoms with Crippen molar-refractivity contribution in [2.75, 3.05) is 13.2 Å². The second-order valence-corrected chi connectivity index (χ2v) is 3.44. The Morgan fingerprint density at radius 1 is 1.62 bits per heavy atom. The Hall–Kier alpha value is -0.490. The van der Waals surface area contributed by atoms with Gasteiger partial charge in [0.25, 0.3) is 0 Å². The van der Waals surface area contributed by atoms with Gasteiger partial charge in [-0.3, -0.25) is 4.79 Å². The molecule has 1 saturated heterocycles. The van der Waals surface area contributed by atoms with E-state index < -0.39 is 30.4 Å². The SMILES string of the molecule is CC1(C)OC[C@@H](O)[C@H](C(=O)CO)O1. The van der Waals surface area contributed by atoms with Crippen LogP contribution in [0, 0.1) is 0 Å². The van der Waals surface area contributed by atoms with Crippen LogP contribution >= 0.6 is 0 Å². The summed E-state index contributed by atoms with van der Waals surface area (Å²) in [7, 11) is 0. The lowest BCUT2D eigenvalue weighted by Crippen LogP contribution is -2.52. The highest BCUT2D eigenvalue weighted by Gasteiger charge is 2.39. The number of hydrogen-bond donors (Lipinski definition) is 2. The largest absolute Gasteiger partial charge is 0.388 e. The molecular weight excluding hydrogens is 176 g/mol. The van der Waals surface area contributed by atoms with Gasteiger partial charge in [-0.15, -0.1) is 0 Å². The molecule has 2 N–H and O–H groups in total. The average molecular weight is 190 g/mol. The number of ether oxygens (including phenoxy) is 2. The number of hydrogen-bond acceptors (Lipinski definition) is 5. The molecule has 5 heteroatoms. The first-order valence-corrected chi connectivity index (χ1v) is 4.09. The molecule has 0 bridgehead atoms. The van der Waals surface area contributed by atoms with Gasteiger partial charge in [-0.1, -0.05) is 0 Å². The summed E-state index contributed by atoms with van der Waals surface area (Å²) in [5.74, 6) is -1.40. The molecule has 0 aromatic rings. The first kappa shape index (κ1) is 10.6. The lowest BCUT2D eigenvalue weighted by atomic mass is 10.1. The molecule has 5 nitrogen and oxygen atoms in total. The number of aliphatic hydroxyl groups is 2. The minimum Gasteiger partial charge on any atom is -0.388 e. The molecule has 0 amide bonds. The smallest absolute Gasteiger partial charge is 0.189 e. The van der Waals surface area contributed by atoms with Crippen molar-refractivity contribution in [1.82, 2.24) is 0 Å². The Morgan fingerprint density at radius 2 is 2.23 bits per heavy atom. The number of aliphatic hydroxyl groups excluding tert-OH is 2. The van der Waals surface area contributed by atoms with Gasteiger partial charge >= 0.3 is 0 Å². The summed E-state index contributed by atoms with van der Waals surface area (Å²) in [6.07, 6.45) is -1.97. The Morgan fingerprint density at radius 3 is 2.77 bits per heavy atom. The van der Waals surface area contributed by atoms with E-state index in [0.717, 1.165) is 0 Å². The van der Waals surface area contributed by atoms with E-state index in [2.05, 4.69) is 0 Å². The Balaban J connectivity index is 2.65. The predicted molar refractivity (Wildman–Crippen MR) is 43.0 cm³/mol. The van der Waals surface area contributed by atoms with Gasteiger partial charge in [0, 0.05) is 0 Å². The molecule has 0 saturated carbocycles. The second-order valence-electron chi connectivity index (χ2n) is 3.44. The Bertz CT molecular complexity index is 201. The summed E-state index contributed by atoms with van der Waals surface area (Å²) in [5.41, 5.74) is 0. The number of rotatable bonds is 2. The van der Waals surface area contributed by atoms with Crippen LogP contribution in [-0.2, 0) is 14.3 Å². The fraction of sp³-hybridized carbons (Fsp3) is 0.875. The monoisotopic (exact) mass is 190 g/mol. The van der Waals surface area contributed by atoms with Crippen molar-refractivity contribution in [3.8, 4) is 0 Å². The van der Waals surface area contributed by atoms with Crippen molar-refractivity contribution >= 4 is 5.78 Å². The summed E-state index contributed by atoms with van der Waals surface area (Å²) in [6.45, 7) is 2.72. The Kier molecular flexibility index (Phi) is 3.02. The van der Waals surface area contributed by atoms with Gasteiger partial charge < -0.3 is 19.7 Å². The van der Waals surface area contributed by atoms with Crippen LogP contribution in [0.5, 0.6) is 0 Å². The molecule has 0 spiro atoms. The third-order valence-electron chi connectivity index (χ3n) is 1.84. The highest BCUT2D eigenvalue weighted by Crippen LogP contribution is 2.22. The minimum absolute atomic E-state index is 0.0450. The van der Waals surface area contributed by atoms with E-state index >= 15 is 0 Å². The molecule has 1 fully saturated rings. The third-order valence-corrected chi connectivity index (χ3v) is 1.84. The van der Waals surface area contributed by atoms with E-state index in [1.54, 1.807) is 13.8 Å². The van der Waals surface area contributed by atoms with E-state index in [4.69, 9.17) is 14.6 Å². The molecule has 76 valence electrons. The number of carbonyl (C=O) groups excluding carboxylic acids is 1. The van der Waals surface area contributed by atoms with Crippen LogP contribution in [-0.4, -0.2) is 47.2 Å². The molecule has 1 heterocycles. The first-order valence-electron chi connectivity index (χ1n) is 4.09. The lowest BCUT2D eigenvalue weighted by Gasteiger charge is -2.37. The molecule has 0 aliphatic carbocycles. The molecular formula is C8H14O5. The van der Waals surface area contributed by atoms with Crippen molar-refractivity contribution in [2.24, 2.45) is 0 Å². The molecule has 0 radical (unpaired) electrons. The van der Waals surface area contributed by atoms with E-state index in [-0.39, 0.29) is 6.61 Å². The van der Waals surface area contributed by atoms with Crippen LogP contribution in [0.25, 0.3) is 0 Å². The predicted octanol–water partition coefficient (Wildman–Crippen LogP) is -0.940. The first-order chi connectivity index (χ1) is 5.96. The van der Waals surface area contributed by atoms with Gasteiger partial charge in [-0.05, 0) is 13.8 Å². The van der Waals surface area contributed by atoms with Crippen molar-refractivity contribution in [3.63, 3.8) is 0 Å². The van der Waals surface area contributed by atoms with Crippen molar-refractivity contribution in [3.05, 3.63) is 0 Å². The maximum Gasteiger partial charge on any atom is 0.189 e. The zero-order chi connectivity index (χ0) is 10.1. The van der Waals surface area contributed by atoms with Crippen LogP contribution in [0.4, 0.5) is 0 Å². The van der Waals surface area contributed by atoms with Gasteiger partial charge in [0.15, 0.2) is 11.6 Å². The van der Waals surface area contributed by atoms with Gasteiger partial charge in [0.05, 0.1) is 6.61 Å². The van der Waals surface area contributed by atoms with Crippen LogP contribution in [0.15, 0.2) is 0 Å². The quantitative estimate of drug-likeness (QED) is 0.587. The highest BCUT2D eigenvalue weighted by molar-refractivity contribution is 5.84. The van der Waals surface area contributed by atoms with Crippen molar-refractivity contribution in [1.29, 1.82) is 0 Å². The van der Waals surface area contributed by atoms with Gasteiger partial charge in [0.1, 0.15) is 18.8 Å². The van der Waals surface area contributed by atoms with Crippen LogP contribution < -0.4 is 0 Å². The van der Waals surface area contributed by atoms with E-state index in [0.29, 0.717) is 0 Å². The van der Waals surface area contributed by atoms with Gasteiger partial charge in [0.2, 0.25) is 0 Å². The zero-order valence-electron chi connectivity index (χ0n) is 7.69. The number of carbonyl (C=O) groups is 1. The van der Waals surface area contributed by atoms with Gasteiger partial charge in [-0.2, -0.15) is 0 Å². The fourth-order valence-corrected chi connectivity index (χ4v) is 1.16. The summed E-state index contributed by atoms with van der Waals surface area (Å²) in [4.78, 5) is 11.1.